The molecule has 0 atom stereocenters. The average molecular weight is 403 g/mol. The van der Waals surface area contributed by atoms with Crippen LogP contribution in [0.1, 0.15) is 19.4 Å². The molecule has 1 aliphatic rings. The Morgan fingerprint density at radius 3 is 2.21 bits per heavy atom. The molecule has 152 valence electrons. The van der Waals surface area contributed by atoms with Gasteiger partial charge in [-0.15, -0.1) is 0 Å². The van der Waals surface area contributed by atoms with Crippen molar-refractivity contribution in [1.29, 1.82) is 0 Å². The maximum Gasteiger partial charge on any atom is 0.244 e. The molecular weight excluding hydrogens is 372 g/mol. The van der Waals surface area contributed by atoms with Gasteiger partial charge in [0, 0.05) is 52.0 Å². The highest BCUT2D eigenvalue weighted by molar-refractivity contribution is 7.89. The van der Waals surface area contributed by atoms with Crippen molar-refractivity contribution in [2.24, 2.45) is 0 Å². The van der Waals surface area contributed by atoms with E-state index in [-0.39, 0.29) is 4.90 Å². The van der Waals surface area contributed by atoms with Crippen molar-refractivity contribution < 1.29 is 8.42 Å². The maximum absolute atomic E-state index is 12.6. The van der Waals surface area contributed by atoms with Crippen LogP contribution in [0.3, 0.4) is 0 Å². The van der Waals surface area contributed by atoms with Crippen LogP contribution < -0.4 is 4.90 Å². The Bertz CT molecular complexity index is 828. The minimum Gasteiger partial charge on any atom is -0.354 e. The van der Waals surface area contributed by atoms with Gasteiger partial charge in [-0.25, -0.2) is 13.4 Å². The summed E-state index contributed by atoms with van der Waals surface area (Å²) in [6.07, 6.45) is 2.56. The van der Waals surface area contributed by atoms with Crippen molar-refractivity contribution >= 4 is 15.8 Å². The summed E-state index contributed by atoms with van der Waals surface area (Å²) in [5, 5.41) is 0. The first kappa shape index (κ1) is 20.8. The highest BCUT2D eigenvalue weighted by Gasteiger charge is 2.23. The van der Waals surface area contributed by atoms with Crippen LogP contribution in [0.25, 0.3) is 0 Å². The lowest BCUT2D eigenvalue weighted by molar-refractivity contribution is 0.260. The van der Waals surface area contributed by atoms with Crippen molar-refractivity contribution in [3.63, 3.8) is 0 Å². The maximum atomic E-state index is 12.6. The van der Waals surface area contributed by atoms with Gasteiger partial charge in [0.2, 0.25) is 10.0 Å². The van der Waals surface area contributed by atoms with E-state index in [0.717, 1.165) is 45.0 Å². The minimum absolute atomic E-state index is 0.265. The summed E-state index contributed by atoms with van der Waals surface area (Å²) in [4.78, 5) is 9.41. The number of anilines is 1. The Morgan fingerprint density at radius 2 is 1.64 bits per heavy atom. The number of aromatic nitrogens is 1. The Labute approximate surface area is 168 Å². The van der Waals surface area contributed by atoms with Crippen LogP contribution in [0.15, 0.2) is 53.6 Å². The van der Waals surface area contributed by atoms with Gasteiger partial charge in [-0.2, -0.15) is 4.31 Å². The van der Waals surface area contributed by atoms with E-state index in [1.165, 1.54) is 16.1 Å². The lowest BCUT2D eigenvalue weighted by Crippen LogP contribution is -2.47. The van der Waals surface area contributed by atoms with E-state index in [2.05, 4.69) is 39.0 Å². The third kappa shape index (κ3) is 4.90. The summed E-state index contributed by atoms with van der Waals surface area (Å²) in [5.41, 5.74) is 1.37. The first-order valence-corrected chi connectivity index (χ1v) is 11.5. The number of benzene rings is 1. The molecule has 1 aromatic carbocycles. The van der Waals surface area contributed by atoms with E-state index >= 15 is 0 Å². The molecule has 0 unspecified atom stereocenters. The van der Waals surface area contributed by atoms with Gasteiger partial charge in [0.1, 0.15) is 10.7 Å². The fraction of sp³-hybridized carbons (Fsp3) is 0.476. The van der Waals surface area contributed by atoms with Crippen LogP contribution in [0, 0.1) is 0 Å². The summed E-state index contributed by atoms with van der Waals surface area (Å²) in [6, 6.07) is 14.1. The molecule has 0 amide bonds. The van der Waals surface area contributed by atoms with E-state index in [0.29, 0.717) is 13.1 Å². The predicted molar refractivity (Wildman–Crippen MR) is 113 cm³/mol. The SMILES string of the molecule is CCN(CC)S(=O)(=O)c1ccc(N2CCN(CCc3ccccc3)CC2)nc1. The molecule has 1 saturated heterocycles. The highest BCUT2D eigenvalue weighted by atomic mass is 32.2. The van der Waals surface area contributed by atoms with Crippen LogP contribution in [-0.2, 0) is 16.4 Å². The van der Waals surface area contributed by atoms with Crippen molar-refractivity contribution in [3.8, 4) is 0 Å². The number of rotatable bonds is 8. The number of pyridine rings is 1. The molecule has 28 heavy (non-hydrogen) atoms. The molecule has 0 N–H and O–H groups in total. The van der Waals surface area contributed by atoms with E-state index < -0.39 is 10.0 Å². The van der Waals surface area contributed by atoms with Gasteiger partial charge in [0.25, 0.3) is 0 Å². The van der Waals surface area contributed by atoms with Crippen LogP contribution in [0.5, 0.6) is 0 Å². The first-order chi connectivity index (χ1) is 13.5. The first-order valence-electron chi connectivity index (χ1n) is 10.0. The molecule has 0 radical (unpaired) electrons. The fourth-order valence-corrected chi connectivity index (χ4v) is 4.96. The molecule has 1 fully saturated rings. The van der Waals surface area contributed by atoms with Crippen molar-refractivity contribution in [1.82, 2.24) is 14.2 Å². The molecule has 1 aliphatic heterocycles. The molecule has 7 heteroatoms. The van der Waals surface area contributed by atoms with Gasteiger partial charge in [0.15, 0.2) is 0 Å². The van der Waals surface area contributed by atoms with E-state index in [9.17, 15) is 8.42 Å². The summed E-state index contributed by atoms with van der Waals surface area (Å²) in [5.74, 6) is 0.848. The third-order valence-electron chi connectivity index (χ3n) is 5.32. The van der Waals surface area contributed by atoms with Crippen LogP contribution in [-0.4, -0.2) is 68.4 Å². The second-order valence-corrected chi connectivity index (χ2v) is 8.94. The zero-order chi connectivity index (χ0) is 20.0. The number of piperazine rings is 1. The topological polar surface area (TPSA) is 56.8 Å². The number of hydrogen-bond donors (Lipinski definition) is 0. The molecule has 1 aromatic heterocycles. The Hall–Kier alpha value is -1.96. The number of nitrogens with zero attached hydrogens (tertiary/aromatic N) is 4. The molecule has 6 nitrogen and oxygen atoms in total. The summed E-state index contributed by atoms with van der Waals surface area (Å²) in [7, 11) is -3.45. The lowest BCUT2D eigenvalue weighted by Gasteiger charge is -2.35. The number of sulfonamides is 1. The minimum atomic E-state index is -3.45. The van der Waals surface area contributed by atoms with Crippen LogP contribution >= 0.6 is 0 Å². The van der Waals surface area contributed by atoms with Crippen molar-refractivity contribution in [3.05, 3.63) is 54.2 Å². The predicted octanol–water partition coefficient (Wildman–Crippen LogP) is 2.48. The zero-order valence-electron chi connectivity index (χ0n) is 16.8. The molecular formula is C21H30N4O2S. The number of hydrogen-bond acceptors (Lipinski definition) is 5. The third-order valence-corrected chi connectivity index (χ3v) is 7.35. The smallest absolute Gasteiger partial charge is 0.244 e. The zero-order valence-corrected chi connectivity index (χ0v) is 17.6. The standard InChI is InChI=1S/C21H30N4O2S/c1-3-25(4-2)28(26,27)20-10-11-21(22-18-20)24-16-14-23(15-17-24)13-12-19-8-6-5-7-9-19/h5-11,18H,3-4,12-17H2,1-2H3. The molecule has 2 heterocycles. The summed E-state index contributed by atoms with van der Waals surface area (Å²) in [6.45, 7) is 9.49. The Morgan fingerprint density at radius 1 is 0.964 bits per heavy atom. The Balaban J connectivity index is 1.54. The van der Waals surface area contributed by atoms with Crippen molar-refractivity contribution in [2.75, 3.05) is 50.7 Å². The Kier molecular flexibility index (Phi) is 7.04. The van der Waals surface area contributed by atoms with Crippen LogP contribution in [0.4, 0.5) is 5.82 Å². The summed E-state index contributed by atoms with van der Waals surface area (Å²) >= 11 is 0. The quantitative estimate of drug-likeness (QED) is 0.679. The second-order valence-electron chi connectivity index (χ2n) is 7.01. The van der Waals surface area contributed by atoms with Crippen molar-refractivity contribution in [2.45, 2.75) is 25.2 Å². The van der Waals surface area contributed by atoms with E-state index in [1.54, 1.807) is 6.07 Å². The highest BCUT2D eigenvalue weighted by Crippen LogP contribution is 2.19. The average Bonchev–Trinajstić information content (AvgIpc) is 2.74. The molecule has 0 saturated carbocycles. The monoisotopic (exact) mass is 402 g/mol. The molecule has 0 aliphatic carbocycles. The van der Waals surface area contributed by atoms with Gasteiger partial charge in [-0.1, -0.05) is 44.2 Å². The lowest BCUT2D eigenvalue weighted by atomic mass is 10.1. The molecule has 2 aromatic rings. The van der Waals surface area contributed by atoms with Gasteiger partial charge in [-0.3, -0.25) is 4.90 Å². The molecule has 3 rings (SSSR count). The fourth-order valence-electron chi connectivity index (χ4n) is 3.56. The van der Waals surface area contributed by atoms with E-state index in [4.69, 9.17) is 0 Å². The second kappa shape index (κ2) is 9.49. The molecule has 0 bridgehead atoms. The van der Waals surface area contributed by atoms with Gasteiger partial charge in [0.05, 0.1) is 0 Å². The van der Waals surface area contributed by atoms with E-state index in [1.807, 2.05) is 26.0 Å². The van der Waals surface area contributed by atoms with Crippen LogP contribution in [0.2, 0.25) is 0 Å². The van der Waals surface area contributed by atoms with Gasteiger partial charge >= 0.3 is 0 Å². The largest absolute Gasteiger partial charge is 0.354 e. The van der Waals surface area contributed by atoms with Gasteiger partial charge < -0.3 is 4.90 Å². The normalized spacial score (nSPS) is 15.9. The molecule has 0 spiro atoms. The van der Waals surface area contributed by atoms with Gasteiger partial charge in [-0.05, 0) is 24.1 Å². The summed E-state index contributed by atoms with van der Waals surface area (Å²) < 4.78 is 26.6.